The van der Waals surface area contributed by atoms with Crippen LogP contribution in [0.5, 0.6) is 0 Å². The summed E-state index contributed by atoms with van der Waals surface area (Å²) in [5.41, 5.74) is 5.11. The minimum Gasteiger partial charge on any atom is -0.646 e. The number of hydrogen-bond acceptors (Lipinski definition) is 1. The zero-order chi connectivity index (χ0) is 16.5. The molecule has 2 aromatic rings. The Morgan fingerprint density at radius 2 is 1.08 bits per heavy atom. The fraction of sp³-hybridized carbons (Fsp3) is 0.381. The number of aryl methyl sites for hydroxylation is 2. The second kappa shape index (κ2) is 16.5. The average molecular weight is 477 g/mol. The average Bonchev–Trinajstić information content (AvgIpc) is 2.57. The summed E-state index contributed by atoms with van der Waals surface area (Å²) in [5.74, 6) is 0. The molecule has 3 nitrogen and oxygen atoms in total. The molecule has 0 N–H and O–H groups in total. The summed E-state index contributed by atoms with van der Waals surface area (Å²) in [7, 11) is 0. The van der Waals surface area contributed by atoms with Crippen LogP contribution in [0.4, 0.5) is 0 Å². The smallest absolute Gasteiger partial charge is 0.646 e. The third-order valence-electron chi connectivity index (χ3n) is 3.88. The van der Waals surface area contributed by atoms with Crippen LogP contribution in [0, 0.1) is 21.3 Å². The molecule has 0 saturated carbocycles. The van der Waals surface area contributed by atoms with Crippen molar-refractivity contribution in [3.63, 3.8) is 0 Å². The Hall–Kier alpha value is 0.502. The molecule has 2 rings (SSSR count). The van der Waals surface area contributed by atoms with E-state index in [9.17, 15) is 0 Å². The van der Waals surface area contributed by atoms with E-state index in [-0.39, 0.29) is 72.5 Å². The van der Waals surface area contributed by atoms with Crippen LogP contribution in [0.15, 0.2) is 48.5 Å². The Morgan fingerprint density at radius 3 is 1.38 bits per heavy atom. The fourth-order valence-corrected chi connectivity index (χ4v) is 2.27. The molecule has 134 valence electrons. The van der Waals surface area contributed by atoms with Crippen LogP contribution in [0.1, 0.15) is 29.2 Å². The van der Waals surface area contributed by atoms with Crippen molar-refractivity contribution in [1.82, 2.24) is 4.90 Å². The molecule has 0 aliphatic rings. The molecule has 0 aliphatic heterocycles. The van der Waals surface area contributed by atoms with Crippen molar-refractivity contribution in [2.24, 2.45) is 0 Å². The second-order valence-electron chi connectivity index (χ2n) is 6.00. The van der Waals surface area contributed by atoms with Crippen molar-refractivity contribution in [3.8, 4) is 0 Å². The summed E-state index contributed by atoms with van der Waals surface area (Å²) in [6.45, 7) is 10.4. The zero-order valence-electron chi connectivity index (χ0n) is 16.9. The Balaban J connectivity index is 0. The molecule has 0 aromatic heterocycles. The number of benzene rings is 2. The van der Waals surface area contributed by atoms with Crippen LogP contribution in [0.25, 0.3) is 10.6 Å². The van der Waals surface area contributed by atoms with Crippen LogP contribution < -0.4 is 0 Å². The van der Waals surface area contributed by atoms with E-state index in [4.69, 9.17) is 0 Å². The first-order valence-corrected chi connectivity index (χ1v) is 8.27. The SMILES string of the molecule is CCN(C[N-]Cc1ccc(C)cc1)C[N-]Cc1ccc(C)cc1.[CH3-].[Ca+2].[Cd]. The van der Waals surface area contributed by atoms with Gasteiger partial charge >= 0.3 is 37.7 Å². The predicted molar refractivity (Wildman–Crippen MR) is 111 cm³/mol. The van der Waals surface area contributed by atoms with Gasteiger partial charge in [0.05, 0.1) is 0 Å². The first-order chi connectivity index (χ1) is 11.2. The molecule has 0 fully saturated rings. The summed E-state index contributed by atoms with van der Waals surface area (Å²) in [6, 6.07) is 17.2. The Kier molecular flexibility index (Phi) is 18.2. The van der Waals surface area contributed by atoms with Crippen LogP contribution in [-0.2, 0) is 40.4 Å². The molecule has 2 aromatic carbocycles. The quantitative estimate of drug-likeness (QED) is 0.368. The maximum absolute atomic E-state index is 4.65. The Morgan fingerprint density at radius 1 is 0.731 bits per heavy atom. The van der Waals surface area contributed by atoms with Gasteiger partial charge in [-0.05, 0) is 20.4 Å². The summed E-state index contributed by atoms with van der Waals surface area (Å²) >= 11 is 0. The molecule has 5 heteroatoms. The number of hydrogen-bond donors (Lipinski definition) is 0. The van der Waals surface area contributed by atoms with Crippen molar-refractivity contribution >= 4 is 37.7 Å². The van der Waals surface area contributed by atoms with Gasteiger partial charge in [-0.25, -0.2) is 0 Å². The van der Waals surface area contributed by atoms with Gasteiger partial charge in [0.2, 0.25) is 0 Å². The first-order valence-electron chi connectivity index (χ1n) is 8.27. The maximum Gasteiger partial charge on any atom is 2.00 e. The van der Waals surface area contributed by atoms with Gasteiger partial charge in [-0.1, -0.05) is 91.0 Å². The normalized spacial score (nSPS) is 9.85. The second-order valence-corrected chi connectivity index (χ2v) is 6.00. The Bertz CT molecular complexity index is 521. The molecular formula is C21H30CaCdN3-. The third kappa shape index (κ3) is 11.4. The predicted octanol–water partition coefficient (Wildman–Crippen LogP) is 5.05. The van der Waals surface area contributed by atoms with Gasteiger partial charge in [-0.2, -0.15) is 0 Å². The van der Waals surface area contributed by atoms with Crippen LogP contribution >= 0.6 is 0 Å². The van der Waals surface area contributed by atoms with Gasteiger partial charge < -0.3 is 23.0 Å². The number of nitrogens with zero attached hydrogens (tertiary/aromatic N) is 3. The van der Waals surface area contributed by atoms with Crippen molar-refractivity contribution in [1.29, 1.82) is 0 Å². The van der Waals surface area contributed by atoms with E-state index in [1.54, 1.807) is 0 Å². The fourth-order valence-electron chi connectivity index (χ4n) is 2.27. The van der Waals surface area contributed by atoms with Gasteiger partial charge in [0.25, 0.3) is 0 Å². The monoisotopic (exact) mass is 478 g/mol. The van der Waals surface area contributed by atoms with Gasteiger partial charge in [0, 0.05) is 27.3 Å². The van der Waals surface area contributed by atoms with Crippen molar-refractivity contribution in [3.05, 3.63) is 88.8 Å². The van der Waals surface area contributed by atoms with Gasteiger partial charge in [0.15, 0.2) is 0 Å². The molecular weight excluding hydrogens is 447 g/mol. The molecule has 0 unspecified atom stereocenters. The molecule has 0 atom stereocenters. The minimum absolute atomic E-state index is 0. The molecule has 0 bridgehead atoms. The van der Waals surface area contributed by atoms with E-state index in [0.29, 0.717) is 0 Å². The van der Waals surface area contributed by atoms with Crippen LogP contribution in [0.2, 0.25) is 0 Å². The van der Waals surface area contributed by atoms with E-state index in [1.807, 2.05) is 0 Å². The first kappa shape index (κ1) is 28.7. The molecule has 26 heavy (non-hydrogen) atoms. The van der Waals surface area contributed by atoms with Crippen molar-refractivity contribution in [2.45, 2.75) is 33.9 Å². The van der Waals surface area contributed by atoms with E-state index in [1.165, 1.54) is 22.3 Å². The molecule has 0 aliphatic carbocycles. The van der Waals surface area contributed by atoms with Crippen LogP contribution in [-0.4, -0.2) is 62.5 Å². The van der Waals surface area contributed by atoms with Gasteiger partial charge in [-0.15, -0.1) is 13.1 Å². The minimum atomic E-state index is 0. The summed E-state index contributed by atoms with van der Waals surface area (Å²) in [4.78, 5) is 2.25. The molecule has 0 radical (unpaired) electrons. The topological polar surface area (TPSA) is 31.4 Å². The van der Waals surface area contributed by atoms with E-state index < -0.39 is 0 Å². The zero-order valence-corrected chi connectivity index (χ0v) is 23.2. The van der Waals surface area contributed by atoms with Crippen LogP contribution in [0.3, 0.4) is 0 Å². The van der Waals surface area contributed by atoms with Gasteiger partial charge in [-0.3, -0.25) is 0 Å². The summed E-state index contributed by atoms with van der Waals surface area (Å²) in [5, 5.41) is 9.29. The largest absolute Gasteiger partial charge is 2.00 e. The molecule has 0 amide bonds. The number of rotatable bonds is 9. The molecule has 0 heterocycles. The Labute approximate surface area is 210 Å². The maximum atomic E-state index is 4.65. The van der Waals surface area contributed by atoms with Gasteiger partial charge in [0.1, 0.15) is 0 Å². The van der Waals surface area contributed by atoms with Crippen molar-refractivity contribution < 1.29 is 27.3 Å². The van der Waals surface area contributed by atoms with Crippen molar-refractivity contribution in [2.75, 3.05) is 19.9 Å². The summed E-state index contributed by atoms with van der Waals surface area (Å²) < 4.78 is 0. The molecule has 0 spiro atoms. The standard InChI is InChI=1S/C20H27N3.CH3.Ca.Cd/c1-4-23(15-21-13-19-9-5-17(2)6-10-19)16-22-14-20-11-7-18(3)8-12-20;;;/h5-12H,4,13-16H2,1-3H3;1H3;;/q-2;-1;+2;. The van der Waals surface area contributed by atoms with E-state index in [0.717, 1.165) is 33.0 Å². The molecule has 0 saturated heterocycles. The third-order valence-corrected chi connectivity index (χ3v) is 3.88. The summed E-state index contributed by atoms with van der Waals surface area (Å²) in [6.07, 6.45) is 0. The van der Waals surface area contributed by atoms with E-state index >= 15 is 0 Å². The van der Waals surface area contributed by atoms with E-state index in [2.05, 4.69) is 84.8 Å².